The van der Waals surface area contributed by atoms with Crippen LogP contribution in [0, 0.1) is 40.4 Å². The van der Waals surface area contributed by atoms with E-state index in [1.807, 2.05) is 12.1 Å². The van der Waals surface area contributed by atoms with Gasteiger partial charge in [-0.25, -0.2) is 0 Å². The molecule has 4 aliphatic rings. The van der Waals surface area contributed by atoms with E-state index in [0.29, 0.717) is 29.1 Å². The van der Waals surface area contributed by atoms with E-state index in [1.54, 1.807) is 12.1 Å². The van der Waals surface area contributed by atoms with E-state index >= 15 is 0 Å². The maximum absolute atomic E-state index is 12.4. The summed E-state index contributed by atoms with van der Waals surface area (Å²) in [4.78, 5) is 0. The highest BCUT2D eigenvalue weighted by Gasteiger charge is 2.61. The van der Waals surface area contributed by atoms with Crippen molar-refractivity contribution in [3.05, 3.63) is 29.8 Å². The molecule has 0 amide bonds. The fourth-order valence-electron chi connectivity index (χ4n) is 8.69. The largest absolute Gasteiger partial charge is 0.435 e. The highest BCUT2D eigenvalue weighted by molar-refractivity contribution is 5.28. The van der Waals surface area contributed by atoms with Crippen LogP contribution in [0.15, 0.2) is 24.3 Å². The Balaban J connectivity index is 1.32. The van der Waals surface area contributed by atoms with Crippen molar-refractivity contribution in [2.45, 2.75) is 90.5 Å². The minimum atomic E-state index is -2.81. The van der Waals surface area contributed by atoms with Gasteiger partial charge in [0.05, 0.1) is 12.2 Å². The van der Waals surface area contributed by atoms with Gasteiger partial charge >= 0.3 is 6.61 Å². The SMILES string of the molecule is CC12CCC(O)CC1CCC1C2CCC2(C)C(O)C(Cc3ccc(OC(F)F)cc3)CC12. The lowest BCUT2D eigenvalue weighted by Crippen LogP contribution is -2.54. The molecule has 5 rings (SSSR count). The van der Waals surface area contributed by atoms with Crippen molar-refractivity contribution in [1.82, 2.24) is 0 Å². The second-order valence-corrected chi connectivity index (χ2v) is 11.8. The van der Waals surface area contributed by atoms with E-state index in [0.717, 1.165) is 44.1 Å². The molecule has 0 spiro atoms. The Morgan fingerprint density at radius 1 is 0.938 bits per heavy atom. The van der Waals surface area contributed by atoms with E-state index in [1.165, 1.54) is 19.3 Å². The molecule has 178 valence electrons. The molecule has 4 fully saturated rings. The summed E-state index contributed by atoms with van der Waals surface area (Å²) in [6, 6.07) is 6.93. The van der Waals surface area contributed by atoms with Crippen LogP contribution in [-0.4, -0.2) is 29.0 Å². The molecule has 1 aromatic carbocycles. The van der Waals surface area contributed by atoms with Gasteiger partial charge in [0.1, 0.15) is 5.75 Å². The number of ether oxygens (including phenoxy) is 1. The smallest absolute Gasteiger partial charge is 0.387 e. The van der Waals surface area contributed by atoms with E-state index in [-0.39, 0.29) is 29.3 Å². The first kappa shape index (κ1) is 22.6. The molecule has 0 aliphatic heterocycles. The molecular weight excluding hydrogens is 410 g/mol. The maximum atomic E-state index is 12.4. The quantitative estimate of drug-likeness (QED) is 0.610. The Morgan fingerprint density at radius 3 is 2.38 bits per heavy atom. The highest BCUT2D eigenvalue weighted by atomic mass is 19.3. The van der Waals surface area contributed by atoms with Crippen LogP contribution in [-0.2, 0) is 6.42 Å². The van der Waals surface area contributed by atoms with Gasteiger partial charge in [0.2, 0.25) is 0 Å². The number of aliphatic hydroxyl groups excluding tert-OH is 2. The number of fused-ring (bicyclic) bond motifs is 5. The molecule has 2 N–H and O–H groups in total. The number of alkyl halides is 2. The summed E-state index contributed by atoms with van der Waals surface area (Å²) >= 11 is 0. The Kier molecular flexibility index (Phi) is 5.81. The van der Waals surface area contributed by atoms with Crippen LogP contribution in [0.1, 0.15) is 70.8 Å². The normalized spacial score (nSPS) is 45.8. The van der Waals surface area contributed by atoms with E-state index in [9.17, 15) is 19.0 Å². The van der Waals surface area contributed by atoms with Gasteiger partial charge in [-0.3, -0.25) is 0 Å². The number of benzene rings is 1. The summed E-state index contributed by atoms with van der Waals surface area (Å²) in [7, 11) is 0. The predicted octanol–water partition coefficient (Wildman–Crippen LogP) is 5.82. The van der Waals surface area contributed by atoms with E-state index in [2.05, 4.69) is 18.6 Å². The van der Waals surface area contributed by atoms with Gasteiger partial charge in [0.15, 0.2) is 0 Å². The first-order valence-electron chi connectivity index (χ1n) is 12.6. The third kappa shape index (κ3) is 3.68. The average molecular weight is 449 g/mol. The van der Waals surface area contributed by atoms with Gasteiger partial charge in [0, 0.05) is 0 Å². The van der Waals surface area contributed by atoms with Crippen molar-refractivity contribution in [3.63, 3.8) is 0 Å². The zero-order valence-corrected chi connectivity index (χ0v) is 19.4. The Bertz CT molecular complexity index is 814. The van der Waals surface area contributed by atoms with Crippen molar-refractivity contribution in [2.24, 2.45) is 40.4 Å². The average Bonchev–Trinajstić information content (AvgIpc) is 3.00. The molecule has 9 unspecified atom stereocenters. The highest BCUT2D eigenvalue weighted by Crippen LogP contribution is 2.67. The van der Waals surface area contributed by atoms with Gasteiger partial charge in [0.25, 0.3) is 0 Å². The molecule has 4 saturated carbocycles. The second kappa shape index (κ2) is 8.23. The fourth-order valence-corrected chi connectivity index (χ4v) is 8.69. The lowest BCUT2D eigenvalue weighted by atomic mass is 9.45. The van der Waals surface area contributed by atoms with Crippen LogP contribution in [0.2, 0.25) is 0 Å². The van der Waals surface area contributed by atoms with Crippen LogP contribution in [0.5, 0.6) is 5.75 Å². The van der Waals surface area contributed by atoms with Gasteiger partial charge in [-0.05, 0) is 116 Å². The number of aliphatic hydroxyl groups is 2. The molecule has 0 heterocycles. The summed E-state index contributed by atoms with van der Waals surface area (Å²) in [6.45, 7) is 2.00. The van der Waals surface area contributed by atoms with Crippen molar-refractivity contribution < 1.29 is 23.7 Å². The summed E-state index contributed by atoms with van der Waals surface area (Å²) in [6.07, 6.45) is 9.19. The maximum Gasteiger partial charge on any atom is 0.387 e. The summed E-state index contributed by atoms with van der Waals surface area (Å²) in [5.74, 6) is 2.97. The number of halogens is 2. The molecule has 0 saturated heterocycles. The molecule has 0 aromatic heterocycles. The van der Waals surface area contributed by atoms with Gasteiger partial charge < -0.3 is 14.9 Å². The lowest BCUT2D eigenvalue weighted by Gasteiger charge is -2.60. The Hall–Kier alpha value is -1.20. The van der Waals surface area contributed by atoms with Crippen LogP contribution >= 0.6 is 0 Å². The molecular formula is C27H38F2O3. The second-order valence-electron chi connectivity index (χ2n) is 11.8. The van der Waals surface area contributed by atoms with Crippen LogP contribution in [0.4, 0.5) is 8.78 Å². The summed E-state index contributed by atoms with van der Waals surface area (Å²) in [5.41, 5.74) is 1.39. The van der Waals surface area contributed by atoms with Crippen molar-refractivity contribution >= 4 is 0 Å². The van der Waals surface area contributed by atoms with Crippen molar-refractivity contribution in [2.75, 3.05) is 0 Å². The monoisotopic (exact) mass is 448 g/mol. The van der Waals surface area contributed by atoms with E-state index in [4.69, 9.17) is 0 Å². The minimum Gasteiger partial charge on any atom is -0.435 e. The van der Waals surface area contributed by atoms with Gasteiger partial charge in [-0.15, -0.1) is 0 Å². The predicted molar refractivity (Wildman–Crippen MR) is 119 cm³/mol. The minimum absolute atomic E-state index is 0.0259. The molecule has 0 radical (unpaired) electrons. The van der Waals surface area contributed by atoms with Crippen molar-refractivity contribution in [3.8, 4) is 5.75 Å². The molecule has 0 bridgehead atoms. The number of hydrogen-bond acceptors (Lipinski definition) is 3. The standard InChI is InChI=1S/C27H38F2O3/c1-26-11-9-19(30)15-18(26)5-8-21-22(26)10-12-27(2)23(21)14-17(24(27)31)13-16-3-6-20(7-4-16)32-25(28)29/h3-4,6-7,17-19,21-25,30-31H,5,8-15H2,1-2H3. The zero-order valence-electron chi connectivity index (χ0n) is 19.4. The number of hydrogen-bond donors (Lipinski definition) is 2. The van der Waals surface area contributed by atoms with Crippen LogP contribution in [0.25, 0.3) is 0 Å². The van der Waals surface area contributed by atoms with Crippen LogP contribution < -0.4 is 4.74 Å². The third-order valence-corrected chi connectivity index (χ3v) is 10.4. The Labute approximate surface area is 190 Å². The topological polar surface area (TPSA) is 49.7 Å². The van der Waals surface area contributed by atoms with Crippen molar-refractivity contribution in [1.29, 1.82) is 0 Å². The van der Waals surface area contributed by atoms with Gasteiger partial charge in [-0.1, -0.05) is 26.0 Å². The molecule has 3 nitrogen and oxygen atoms in total. The summed E-state index contributed by atoms with van der Waals surface area (Å²) < 4.78 is 29.3. The molecule has 9 atom stereocenters. The first-order chi connectivity index (χ1) is 15.2. The molecule has 1 aromatic rings. The lowest BCUT2D eigenvalue weighted by molar-refractivity contribution is -0.134. The molecule has 5 heteroatoms. The number of rotatable bonds is 4. The Morgan fingerprint density at radius 2 is 1.66 bits per heavy atom. The zero-order chi connectivity index (χ0) is 22.7. The van der Waals surface area contributed by atoms with E-state index < -0.39 is 6.61 Å². The van der Waals surface area contributed by atoms with Crippen LogP contribution in [0.3, 0.4) is 0 Å². The fraction of sp³-hybridized carbons (Fsp3) is 0.778. The third-order valence-electron chi connectivity index (χ3n) is 10.4. The first-order valence-corrected chi connectivity index (χ1v) is 12.6. The molecule has 32 heavy (non-hydrogen) atoms. The molecule has 4 aliphatic carbocycles. The summed E-state index contributed by atoms with van der Waals surface area (Å²) in [5, 5.41) is 21.7. The van der Waals surface area contributed by atoms with Gasteiger partial charge in [-0.2, -0.15) is 8.78 Å².